The molecule has 0 spiro atoms. The van der Waals surface area contributed by atoms with Crippen LogP contribution in [0.25, 0.3) is 0 Å². The lowest BCUT2D eigenvalue weighted by Gasteiger charge is -2.38. The zero-order chi connectivity index (χ0) is 19.8. The molecule has 2 aliphatic heterocycles. The lowest BCUT2D eigenvalue weighted by Crippen LogP contribution is -2.45. The van der Waals surface area contributed by atoms with Crippen LogP contribution in [0.4, 0.5) is 8.78 Å². The maximum absolute atomic E-state index is 13.4. The maximum Gasteiger partial charge on any atom is 0.308 e. The number of carbonyl (C=O) groups is 1. The monoisotopic (exact) mass is 387 g/mol. The fourth-order valence-corrected chi connectivity index (χ4v) is 4.63. The maximum atomic E-state index is 13.4. The van der Waals surface area contributed by atoms with Crippen molar-refractivity contribution in [2.75, 3.05) is 7.05 Å². The predicted octanol–water partition coefficient (Wildman–Crippen LogP) is 4.01. The third-order valence-electron chi connectivity index (χ3n) is 6.12. The summed E-state index contributed by atoms with van der Waals surface area (Å²) in [6, 6.07) is 12.3. The second-order valence-corrected chi connectivity index (χ2v) is 7.78. The van der Waals surface area contributed by atoms with E-state index in [-0.39, 0.29) is 35.7 Å². The van der Waals surface area contributed by atoms with Crippen LogP contribution >= 0.6 is 0 Å². The Bertz CT molecular complexity index is 794. The molecule has 6 heteroatoms. The SMILES string of the molecule is CN1C2CC(OC(c3ccc(F)cc3)c3ccc(F)cc3)CC1[C@@H](C(=O)O)C2. The van der Waals surface area contributed by atoms with Crippen LogP contribution in [-0.4, -0.2) is 41.2 Å². The van der Waals surface area contributed by atoms with Gasteiger partial charge in [0.2, 0.25) is 0 Å². The second kappa shape index (κ2) is 7.60. The summed E-state index contributed by atoms with van der Waals surface area (Å²) in [5.41, 5.74) is 1.57. The Kier molecular flexibility index (Phi) is 5.17. The van der Waals surface area contributed by atoms with Crippen LogP contribution in [0.3, 0.4) is 0 Å². The summed E-state index contributed by atoms with van der Waals surface area (Å²) in [6.45, 7) is 0. The highest BCUT2D eigenvalue weighted by atomic mass is 19.1. The first kappa shape index (κ1) is 19.0. The van der Waals surface area contributed by atoms with Gasteiger partial charge in [0.15, 0.2) is 0 Å². The van der Waals surface area contributed by atoms with E-state index in [0.717, 1.165) is 17.5 Å². The number of benzene rings is 2. The zero-order valence-electron chi connectivity index (χ0n) is 15.6. The predicted molar refractivity (Wildman–Crippen MR) is 99.8 cm³/mol. The summed E-state index contributed by atoms with van der Waals surface area (Å²) < 4.78 is 33.2. The molecule has 2 aromatic rings. The molecule has 0 saturated carbocycles. The third kappa shape index (κ3) is 3.66. The zero-order valence-corrected chi connectivity index (χ0v) is 15.6. The van der Waals surface area contributed by atoms with Crippen molar-refractivity contribution >= 4 is 5.97 Å². The molecule has 4 nitrogen and oxygen atoms in total. The van der Waals surface area contributed by atoms with Crippen LogP contribution in [0.5, 0.6) is 0 Å². The van der Waals surface area contributed by atoms with Gasteiger partial charge in [0.25, 0.3) is 0 Å². The van der Waals surface area contributed by atoms with Crippen LogP contribution in [0.2, 0.25) is 0 Å². The van der Waals surface area contributed by atoms with E-state index in [1.807, 2.05) is 7.05 Å². The quantitative estimate of drug-likeness (QED) is 0.842. The fourth-order valence-electron chi connectivity index (χ4n) is 4.63. The molecule has 3 unspecified atom stereocenters. The van der Waals surface area contributed by atoms with E-state index >= 15 is 0 Å². The van der Waals surface area contributed by atoms with Crippen LogP contribution in [0.15, 0.2) is 48.5 Å². The third-order valence-corrected chi connectivity index (χ3v) is 6.12. The molecule has 2 saturated heterocycles. The van der Waals surface area contributed by atoms with Crippen molar-refractivity contribution in [2.45, 2.75) is 43.6 Å². The minimum absolute atomic E-state index is 0.0525. The molecule has 0 radical (unpaired) electrons. The number of carboxylic acids is 1. The summed E-state index contributed by atoms with van der Waals surface area (Å²) >= 11 is 0. The first-order valence-corrected chi connectivity index (χ1v) is 9.53. The van der Waals surface area contributed by atoms with Gasteiger partial charge in [-0.25, -0.2) is 8.78 Å². The summed E-state index contributed by atoms with van der Waals surface area (Å²) in [5, 5.41) is 9.52. The Hall–Kier alpha value is -2.31. The highest BCUT2D eigenvalue weighted by molar-refractivity contribution is 5.71. The van der Waals surface area contributed by atoms with Gasteiger partial charge in [0.05, 0.1) is 12.0 Å². The molecule has 2 bridgehead atoms. The summed E-state index contributed by atoms with van der Waals surface area (Å²) in [6.07, 6.45) is 1.43. The lowest BCUT2D eigenvalue weighted by molar-refractivity contribution is -0.143. The Balaban J connectivity index is 1.59. The van der Waals surface area contributed by atoms with E-state index in [1.165, 1.54) is 24.3 Å². The number of hydrogen-bond acceptors (Lipinski definition) is 3. The number of rotatable bonds is 5. The van der Waals surface area contributed by atoms with Gasteiger partial charge in [0.1, 0.15) is 17.7 Å². The molecular formula is C22H23F2NO3. The molecule has 28 heavy (non-hydrogen) atoms. The largest absolute Gasteiger partial charge is 0.481 e. The van der Waals surface area contributed by atoms with Gasteiger partial charge in [-0.3, -0.25) is 9.69 Å². The first-order chi connectivity index (χ1) is 13.4. The summed E-state index contributed by atoms with van der Waals surface area (Å²) in [5.74, 6) is -1.79. The highest BCUT2D eigenvalue weighted by Crippen LogP contribution is 2.41. The lowest BCUT2D eigenvalue weighted by atomic mass is 9.95. The number of hydrogen-bond donors (Lipinski definition) is 1. The molecule has 2 heterocycles. The first-order valence-electron chi connectivity index (χ1n) is 9.53. The van der Waals surface area contributed by atoms with Gasteiger partial charge in [-0.15, -0.1) is 0 Å². The highest BCUT2D eigenvalue weighted by Gasteiger charge is 2.48. The fraction of sp³-hybridized carbons (Fsp3) is 0.409. The minimum Gasteiger partial charge on any atom is -0.481 e. The van der Waals surface area contributed by atoms with Gasteiger partial charge >= 0.3 is 5.97 Å². The van der Waals surface area contributed by atoms with Crippen molar-refractivity contribution in [2.24, 2.45) is 5.92 Å². The molecular weight excluding hydrogens is 364 g/mol. The number of fused-ring (bicyclic) bond motifs is 2. The van der Waals surface area contributed by atoms with Gasteiger partial charge in [-0.2, -0.15) is 0 Å². The van der Waals surface area contributed by atoms with Crippen LogP contribution in [-0.2, 0) is 9.53 Å². The standard InChI is InChI=1S/C22H23F2NO3/c1-25-17-10-18(12-20(25)19(11-17)22(26)27)28-21(13-2-6-15(23)7-3-13)14-4-8-16(24)9-5-14/h2-9,17-21H,10-12H2,1H3,(H,26,27)/t17?,18?,19-,20?/m0/s1. The Morgan fingerprint density at radius 1 is 1.00 bits per heavy atom. The van der Waals surface area contributed by atoms with E-state index in [4.69, 9.17) is 4.74 Å². The van der Waals surface area contributed by atoms with Crippen molar-refractivity contribution in [1.82, 2.24) is 4.90 Å². The van der Waals surface area contributed by atoms with E-state index in [9.17, 15) is 18.7 Å². The van der Waals surface area contributed by atoms with Crippen LogP contribution in [0.1, 0.15) is 36.5 Å². The second-order valence-electron chi connectivity index (χ2n) is 7.78. The summed E-state index contributed by atoms with van der Waals surface area (Å²) in [4.78, 5) is 13.7. The van der Waals surface area contributed by atoms with Gasteiger partial charge in [-0.1, -0.05) is 24.3 Å². The van der Waals surface area contributed by atoms with Gasteiger partial charge < -0.3 is 9.84 Å². The van der Waals surface area contributed by atoms with Gasteiger partial charge in [0, 0.05) is 12.1 Å². The normalized spacial score (nSPS) is 27.3. The molecule has 1 N–H and O–H groups in total. The topological polar surface area (TPSA) is 49.8 Å². The Labute approximate surface area is 162 Å². The number of halogens is 2. The molecule has 4 rings (SSSR count). The van der Waals surface area contributed by atoms with Crippen LogP contribution in [0, 0.1) is 17.6 Å². The average Bonchev–Trinajstić information content (AvgIpc) is 2.86. The number of ether oxygens (including phenoxy) is 1. The smallest absolute Gasteiger partial charge is 0.308 e. The van der Waals surface area contributed by atoms with Crippen molar-refractivity contribution in [1.29, 1.82) is 0 Å². The molecule has 2 aliphatic rings. The molecule has 2 fully saturated rings. The van der Waals surface area contributed by atoms with E-state index in [2.05, 4.69) is 4.90 Å². The number of carboxylic acid groups (broad SMARTS) is 1. The van der Waals surface area contributed by atoms with E-state index < -0.39 is 12.1 Å². The molecule has 0 aromatic heterocycles. The Morgan fingerprint density at radius 2 is 1.54 bits per heavy atom. The van der Waals surface area contributed by atoms with Crippen LogP contribution < -0.4 is 0 Å². The van der Waals surface area contributed by atoms with Gasteiger partial charge in [-0.05, 0) is 61.7 Å². The van der Waals surface area contributed by atoms with Crippen molar-refractivity contribution in [3.63, 3.8) is 0 Å². The number of aliphatic carboxylic acids is 1. The Morgan fingerprint density at radius 3 is 2.04 bits per heavy atom. The molecule has 2 aromatic carbocycles. The molecule has 148 valence electrons. The number of piperidine rings is 1. The van der Waals surface area contributed by atoms with E-state index in [1.54, 1.807) is 24.3 Å². The number of nitrogens with zero attached hydrogens (tertiary/aromatic N) is 1. The van der Waals surface area contributed by atoms with E-state index in [0.29, 0.717) is 12.8 Å². The van der Waals surface area contributed by atoms with Crippen molar-refractivity contribution in [3.8, 4) is 0 Å². The summed E-state index contributed by atoms with van der Waals surface area (Å²) in [7, 11) is 1.98. The average molecular weight is 387 g/mol. The molecule has 4 atom stereocenters. The molecule has 0 amide bonds. The van der Waals surface area contributed by atoms with Crippen molar-refractivity contribution in [3.05, 3.63) is 71.3 Å². The van der Waals surface area contributed by atoms with Crippen molar-refractivity contribution < 1.29 is 23.4 Å². The minimum atomic E-state index is -0.756. The molecule has 0 aliphatic carbocycles.